The highest BCUT2D eigenvalue weighted by Crippen LogP contribution is 2.19. The average molecular weight is 258 g/mol. The number of carbonyl (C=O) groups is 1. The van der Waals surface area contributed by atoms with Crippen molar-refractivity contribution >= 4 is 22.3 Å². The van der Waals surface area contributed by atoms with Crippen LogP contribution in [0.25, 0.3) is 0 Å². The first kappa shape index (κ1) is 13.9. The number of ether oxygens (including phenoxy) is 1. The minimum Gasteiger partial charge on any atom is -0.476 e. The summed E-state index contributed by atoms with van der Waals surface area (Å²) >= 11 is 1.31. The number of nitrogens with one attached hydrogen (secondary N) is 1. The quantitative estimate of drug-likeness (QED) is 0.701. The van der Waals surface area contributed by atoms with Crippen molar-refractivity contribution in [3.63, 3.8) is 0 Å². The Morgan fingerprint density at radius 1 is 1.59 bits per heavy atom. The van der Waals surface area contributed by atoms with Gasteiger partial charge in [-0.25, -0.2) is 9.78 Å². The summed E-state index contributed by atoms with van der Waals surface area (Å²) in [4.78, 5) is 14.6. The Bertz CT molecular complexity index is 352. The molecule has 0 aliphatic rings. The number of unbranched alkanes of at least 4 members (excludes halogenated alkanes) is 1. The van der Waals surface area contributed by atoms with Crippen molar-refractivity contribution in [2.45, 2.75) is 32.8 Å². The molecule has 0 fully saturated rings. The second-order valence-corrected chi connectivity index (χ2v) is 4.74. The third-order valence-corrected chi connectivity index (χ3v) is 2.86. The van der Waals surface area contributed by atoms with E-state index in [9.17, 15) is 4.79 Å². The van der Waals surface area contributed by atoms with Crippen molar-refractivity contribution in [2.24, 2.45) is 0 Å². The smallest absolute Gasteiger partial charge is 0.357 e. The molecular weight excluding hydrogens is 240 g/mol. The Balaban J connectivity index is 2.18. The monoisotopic (exact) mass is 258 g/mol. The fourth-order valence-electron chi connectivity index (χ4n) is 1.27. The molecule has 0 amide bonds. The lowest BCUT2D eigenvalue weighted by atomic mass is 10.3. The van der Waals surface area contributed by atoms with Crippen LogP contribution in [0, 0.1) is 0 Å². The largest absolute Gasteiger partial charge is 0.476 e. The Kier molecular flexibility index (Phi) is 5.93. The second-order valence-electron chi connectivity index (χ2n) is 3.89. The summed E-state index contributed by atoms with van der Waals surface area (Å²) in [5.74, 6) is -0.989. The molecule has 2 N–H and O–H groups in total. The molecule has 0 aliphatic heterocycles. The molecule has 0 saturated heterocycles. The fraction of sp³-hybridized carbons (Fsp3) is 0.636. The molecule has 0 aliphatic carbocycles. The number of nitrogens with zero attached hydrogens (tertiary/aromatic N) is 1. The lowest BCUT2D eigenvalue weighted by Gasteiger charge is -2.07. The van der Waals surface area contributed by atoms with Crippen LogP contribution in [0.5, 0.6) is 0 Å². The molecule has 17 heavy (non-hydrogen) atoms. The lowest BCUT2D eigenvalue weighted by Crippen LogP contribution is -2.08. The predicted octanol–water partition coefficient (Wildman–Crippen LogP) is 2.46. The zero-order chi connectivity index (χ0) is 12.7. The number of anilines is 1. The van der Waals surface area contributed by atoms with Gasteiger partial charge < -0.3 is 15.2 Å². The molecule has 5 nitrogen and oxygen atoms in total. The van der Waals surface area contributed by atoms with Gasteiger partial charge in [-0.1, -0.05) is 0 Å². The highest BCUT2D eigenvalue weighted by Gasteiger charge is 2.12. The van der Waals surface area contributed by atoms with Crippen molar-refractivity contribution in [1.29, 1.82) is 0 Å². The Labute approximate surface area is 105 Å². The zero-order valence-corrected chi connectivity index (χ0v) is 10.9. The third kappa shape index (κ3) is 5.14. The maximum Gasteiger partial charge on any atom is 0.357 e. The highest BCUT2D eigenvalue weighted by molar-refractivity contribution is 7.14. The van der Waals surface area contributed by atoms with Crippen molar-refractivity contribution in [3.05, 3.63) is 11.2 Å². The number of carboxylic acid groups (broad SMARTS) is 1. The van der Waals surface area contributed by atoms with Crippen molar-refractivity contribution < 1.29 is 14.6 Å². The molecule has 0 spiro atoms. The van der Waals surface area contributed by atoms with Gasteiger partial charge in [-0.15, -0.1) is 11.3 Å². The van der Waals surface area contributed by atoms with Crippen molar-refractivity contribution in [2.75, 3.05) is 18.5 Å². The summed E-state index contributed by atoms with van der Waals surface area (Å²) in [6.45, 7) is 5.50. The fourth-order valence-corrected chi connectivity index (χ4v) is 1.97. The van der Waals surface area contributed by atoms with Gasteiger partial charge in [0.25, 0.3) is 0 Å². The molecule has 0 atom stereocenters. The van der Waals surface area contributed by atoms with Crippen LogP contribution in [0.1, 0.15) is 37.2 Å². The van der Waals surface area contributed by atoms with E-state index in [0.717, 1.165) is 26.0 Å². The number of aromatic carboxylic acids is 1. The van der Waals surface area contributed by atoms with Gasteiger partial charge in [0.2, 0.25) is 0 Å². The standard InChI is InChI=1S/C11H18N2O3S/c1-8(2)16-6-4-3-5-12-10-9(11(14)15)13-7-17-10/h7-8,12H,3-6H2,1-2H3,(H,14,15). The Morgan fingerprint density at radius 3 is 3.00 bits per heavy atom. The van der Waals surface area contributed by atoms with E-state index in [1.54, 1.807) is 0 Å². The van der Waals surface area contributed by atoms with Crippen LogP contribution in [0.15, 0.2) is 5.51 Å². The van der Waals surface area contributed by atoms with E-state index in [0.29, 0.717) is 5.00 Å². The number of aromatic nitrogens is 1. The van der Waals surface area contributed by atoms with E-state index in [-0.39, 0.29) is 11.8 Å². The van der Waals surface area contributed by atoms with E-state index in [2.05, 4.69) is 10.3 Å². The highest BCUT2D eigenvalue weighted by atomic mass is 32.1. The van der Waals surface area contributed by atoms with Gasteiger partial charge in [-0.2, -0.15) is 0 Å². The summed E-state index contributed by atoms with van der Waals surface area (Å²) < 4.78 is 5.41. The maximum atomic E-state index is 10.8. The summed E-state index contributed by atoms with van der Waals surface area (Å²) in [6.07, 6.45) is 2.18. The molecule has 1 aromatic rings. The minimum absolute atomic E-state index is 0.105. The maximum absolute atomic E-state index is 10.8. The van der Waals surface area contributed by atoms with Crippen LogP contribution in [0.2, 0.25) is 0 Å². The van der Waals surface area contributed by atoms with Gasteiger partial charge in [0.1, 0.15) is 5.00 Å². The third-order valence-electron chi connectivity index (χ3n) is 2.08. The number of thiazole rings is 1. The van der Waals surface area contributed by atoms with E-state index in [1.165, 1.54) is 16.8 Å². The van der Waals surface area contributed by atoms with Gasteiger partial charge in [0.15, 0.2) is 5.69 Å². The van der Waals surface area contributed by atoms with E-state index in [1.807, 2.05) is 13.8 Å². The summed E-state index contributed by atoms with van der Waals surface area (Å²) in [7, 11) is 0. The van der Waals surface area contributed by atoms with Gasteiger partial charge in [0, 0.05) is 13.2 Å². The molecule has 96 valence electrons. The van der Waals surface area contributed by atoms with Crippen LogP contribution in [-0.4, -0.2) is 35.3 Å². The molecule has 0 unspecified atom stereocenters. The lowest BCUT2D eigenvalue weighted by molar-refractivity contribution is 0.0691. The first-order chi connectivity index (χ1) is 8.11. The molecule has 0 radical (unpaired) electrons. The van der Waals surface area contributed by atoms with Gasteiger partial charge in [-0.05, 0) is 26.7 Å². The number of hydrogen-bond donors (Lipinski definition) is 2. The van der Waals surface area contributed by atoms with Gasteiger partial charge in [-0.3, -0.25) is 0 Å². The predicted molar refractivity (Wildman–Crippen MR) is 67.9 cm³/mol. The molecule has 1 heterocycles. The van der Waals surface area contributed by atoms with Crippen molar-refractivity contribution in [1.82, 2.24) is 4.98 Å². The van der Waals surface area contributed by atoms with Crippen LogP contribution >= 0.6 is 11.3 Å². The van der Waals surface area contributed by atoms with Crippen LogP contribution in [0.4, 0.5) is 5.00 Å². The molecule has 6 heteroatoms. The number of rotatable bonds is 8. The Hall–Kier alpha value is -1.14. The number of hydrogen-bond acceptors (Lipinski definition) is 5. The van der Waals surface area contributed by atoms with Crippen molar-refractivity contribution in [3.8, 4) is 0 Å². The molecule has 1 rings (SSSR count). The van der Waals surface area contributed by atoms with Crippen LogP contribution in [-0.2, 0) is 4.74 Å². The van der Waals surface area contributed by atoms with Crippen LogP contribution in [0.3, 0.4) is 0 Å². The van der Waals surface area contributed by atoms with E-state index >= 15 is 0 Å². The summed E-state index contributed by atoms with van der Waals surface area (Å²) in [6, 6.07) is 0. The minimum atomic E-state index is -0.989. The zero-order valence-electron chi connectivity index (χ0n) is 10.1. The average Bonchev–Trinajstić information content (AvgIpc) is 2.71. The first-order valence-corrected chi connectivity index (χ1v) is 6.51. The van der Waals surface area contributed by atoms with Gasteiger partial charge in [0.05, 0.1) is 11.6 Å². The summed E-state index contributed by atoms with van der Waals surface area (Å²) in [5, 5.41) is 12.5. The van der Waals surface area contributed by atoms with Crippen LogP contribution < -0.4 is 5.32 Å². The van der Waals surface area contributed by atoms with Gasteiger partial charge >= 0.3 is 5.97 Å². The second kappa shape index (κ2) is 7.24. The topological polar surface area (TPSA) is 71.5 Å². The normalized spacial score (nSPS) is 10.8. The molecule has 0 aromatic carbocycles. The Morgan fingerprint density at radius 2 is 2.35 bits per heavy atom. The molecule has 1 aromatic heterocycles. The van der Waals surface area contributed by atoms with E-state index in [4.69, 9.17) is 9.84 Å². The molecular formula is C11H18N2O3S. The summed E-state index contributed by atoms with van der Waals surface area (Å²) in [5.41, 5.74) is 1.64. The number of carboxylic acids is 1. The molecule has 0 bridgehead atoms. The molecule has 0 saturated carbocycles. The SMILES string of the molecule is CC(C)OCCCCNc1scnc1C(=O)O. The first-order valence-electron chi connectivity index (χ1n) is 5.63. The van der Waals surface area contributed by atoms with E-state index < -0.39 is 5.97 Å².